The normalized spacial score (nSPS) is 20.4. The van der Waals surface area contributed by atoms with Crippen LogP contribution in [0.4, 0.5) is 0 Å². The van der Waals surface area contributed by atoms with E-state index in [0.29, 0.717) is 5.56 Å². The van der Waals surface area contributed by atoms with E-state index in [2.05, 4.69) is 10.4 Å². The van der Waals surface area contributed by atoms with Crippen molar-refractivity contribution in [2.75, 3.05) is 7.05 Å². The molecule has 1 aromatic carbocycles. The predicted molar refractivity (Wildman–Crippen MR) is 70.8 cm³/mol. The molecule has 0 saturated carbocycles. The number of benzene rings is 1. The lowest BCUT2D eigenvalue weighted by Crippen LogP contribution is -2.47. The minimum atomic E-state index is -0.332. The van der Waals surface area contributed by atoms with Gasteiger partial charge in [0.1, 0.15) is 4.87 Å². The predicted octanol–water partition coefficient (Wildman–Crippen LogP) is 2.10. The summed E-state index contributed by atoms with van der Waals surface area (Å²) in [4.78, 5) is 16.1. The minimum absolute atomic E-state index is 0.0400. The molecule has 1 amide bonds. The Morgan fingerprint density at radius 1 is 1.35 bits per heavy atom. The molecule has 0 aromatic heterocycles. The molecule has 5 heteroatoms. The molecule has 4 nitrogen and oxygen atoms in total. The van der Waals surface area contributed by atoms with Gasteiger partial charge in [-0.2, -0.15) is 0 Å². The first-order valence-electron chi connectivity index (χ1n) is 5.36. The van der Waals surface area contributed by atoms with Gasteiger partial charge in [-0.25, -0.2) is 5.01 Å². The van der Waals surface area contributed by atoms with Gasteiger partial charge in [0, 0.05) is 12.6 Å². The van der Waals surface area contributed by atoms with Gasteiger partial charge in [-0.3, -0.25) is 15.2 Å². The van der Waals surface area contributed by atoms with E-state index in [1.807, 2.05) is 44.2 Å². The first-order valence-corrected chi connectivity index (χ1v) is 6.18. The second kappa shape index (κ2) is 4.41. The summed E-state index contributed by atoms with van der Waals surface area (Å²) in [6.07, 6.45) is 0. The van der Waals surface area contributed by atoms with E-state index in [9.17, 15) is 4.79 Å². The highest BCUT2D eigenvalue weighted by molar-refractivity contribution is 8.15. The number of amides is 1. The molecule has 1 fully saturated rings. The van der Waals surface area contributed by atoms with Crippen LogP contribution in [0.15, 0.2) is 35.3 Å². The molecular weight excluding hydrogens is 234 g/mol. The molecular formula is C12H15N3OS. The van der Waals surface area contributed by atoms with Gasteiger partial charge < -0.3 is 0 Å². The molecule has 1 aliphatic rings. The van der Waals surface area contributed by atoms with Crippen LogP contribution >= 0.6 is 11.8 Å². The lowest BCUT2D eigenvalue weighted by Gasteiger charge is -2.28. The first-order chi connectivity index (χ1) is 8.04. The molecule has 1 aliphatic heterocycles. The Morgan fingerprint density at radius 3 is 2.53 bits per heavy atom. The van der Waals surface area contributed by atoms with Gasteiger partial charge in [-0.15, -0.1) is 0 Å². The van der Waals surface area contributed by atoms with Crippen molar-refractivity contribution in [2.45, 2.75) is 18.7 Å². The van der Waals surface area contributed by atoms with Gasteiger partial charge in [0.15, 0.2) is 5.17 Å². The summed E-state index contributed by atoms with van der Waals surface area (Å²) < 4.78 is 0. The van der Waals surface area contributed by atoms with Crippen LogP contribution in [0.2, 0.25) is 0 Å². The number of aliphatic imine (C=N–C) groups is 1. The van der Waals surface area contributed by atoms with E-state index in [-0.39, 0.29) is 10.8 Å². The Labute approximate surface area is 105 Å². The lowest BCUT2D eigenvalue weighted by molar-refractivity contribution is 0.0631. The number of hydrogen-bond acceptors (Lipinski definition) is 3. The van der Waals surface area contributed by atoms with Crippen molar-refractivity contribution in [2.24, 2.45) is 4.99 Å². The summed E-state index contributed by atoms with van der Waals surface area (Å²) in [6.45, 7) is 3.98. The van der Waals surface area contributed by atoms with Gasteiger partial charge in [-0.1, -0.05) is 30.0 Å². The lowest BCUT2D eigenvalue weighted by atomic mass is 10.2. The average Bonchev–Trinajstić information content (AvgIpc) is 2.64. The second-order valence-corrected chi connectivity index (χ2v) is 5.79. The molecule has 17 heavy (non-hydrogen) atoms. The van der Waals surface area contributed by atoms with Crippen molar-refractivity contribution in [1.29, 1.82) is 0 Å². The van der Waals surface area contributed by atoms with E-state index in [1.165, 1.54) is 0 Å². The van der Waals surface area contributed by atoms with E-state index in [1.54, 1.807) is 23.8 Å². The summed E-state index contributed by atoms with van der Waals surface area (Å²) in [5.74, 6) is -0.0400. The zero-order valence-electron chi connectivity index (χ0n) is 10.1. The summed E-state index contributed by atoms with van der Waals surface area (Å²) in [5.41, 5.74) is 3.70. The molecule has 0 aliphatic carbocycles. The molecule has 2 rings (SSSR count). The molecule has 0 bridgehead atoms. The molecule has 1 heterocycles. The zero-order chi connectivity index (χ0) is 12.5. The van der Waals surface area contributed by atoms with Crippen molar-refractivity contribution in [3.05, 3.63) is 35.9 Å². The number of hydrazine groups is 1. The summed E-state index contributed by atoms with van der Waals surface area (Å²) in [7, 11) is 1.71. The smallest absolute Gasteiger partial charge is 0.272 e. The van der Waals surface area contributed by atoms with Crippen LogP contribution in [0.3, 0.4) is 0 Å². The van der Waals surface area contributed by atoms with E-state index in [4.69, 9.17) is 0 Å². The van der Waals surface area contributed by atoms with Gasteiger partial charge in [0.2, 0.25) is 0 Å². The number of rotatable bonds is 1. The summed E-state index contributed by atoms with van der Waals surface area (Å²) >= 11 is 1.54. The third-order valence-electron chi connectivity index (χ3n) is 2.52. The van der Waals surface area contributed by atoms with E-state index < -0.39 is 0 Å². The summed E-state index contributed by atoms with van der Waals surface area (Å²) in [5, 5.41) is 2.38. The van der Waals surface area contributed by atoms with Crippen LogP contribution in [0.1, 0.15) is 24.2 Å². The number of nitrogens with one attached hydrogen (secondary N) is 1. The Morgan fingerprint density at radius 2 is 2.00 bits per heavy atom. The molecule has 1 N–H and O–H groups in total. The number of amidine groups is 1. The number of hydrogen-bond donors (Lipinski definition) is 1. The Bertz CT molecular complexity index is 456. The van der Waals surface area contributed by atoms with Gasteiger partial charge in [0.05, 0.1) is 0 Å². The average molecular weight is 249 g/mol. The SMILES string of the molecule is CN=C1NN(C(=O)c2ccccc2)C(C)(C)S1. The van der Waals surface area contributed by atoms with Crippen molar-refractivity contribution in [1.82, 2.24) is 10.4 Å². The van der Waals surface area contributed by atoms with Crippen LogP contribution in [-0.4, -0.2) is 28.0 Å². The molecule has 0 atom stereocenters. The number of nitrogens with zero attached hydrogens (tertiary/aromatic N) is 2. The Kier molecular flexibility index (Phi) is 3.11. The highest BCUT2D eigenvalue weighted by Gasteiger charge is 2.40. The third kappa shape index (κ3) is 2.29. The molecule has 0 radical (unpaired) electrons. The molecule has 1 saturated heterocycles. The van der Waals surface area contributed by atoms with Crippen LogP contribution in [0.5, 0.6) is 0 Å². The van der Waals surface area contributed by atoms with Crippen LogP contribution in [0, 0.1) is 0 Å². The maximum Gasteiger partial charge on any atom is 0.273 e. The Balaban J connectivity index is 2.27. The standard InChI is InChI=1S/C12H15N3OS/c1-12(2)15(14-11(13-3)17-12)10(16)9-7-5-4-6-8-9/h4-8H,1-3H3,(H,13,14). The number of carbonyl (C=O) groups is 1. The number of thioether (sulfide) groups is 1. The molecule has 90 valence electrons. The summed E-state index contributed by atoms with van der Waals surface area (Å²) in [6, 6.07) is 9.24. The maximum atomic E-state index is 12.3. The fourth-order valence-electron chi connectivity index (χ4n) is 1.64. The van der Waals surface area contributed by atoms with Crippen molar-refractivity contribution in [3.63, 3.8) is 0 Å². The van der Waals surface area contributed by atoms with Crippen molar-refractivity contribution >= 4 is 22.8 Å². The van der Waals surface area contributed by atoms with Gasteiger partial charge >= 0.3 is 0 Å². The monoisotopic (exact) mass is 249 g/mol. The van der Waals surface area contributed by atoms with Crippen molar-refractivity contribution in [3.8, 4) is 0 Å². The third-order valence-corrected chi connectivity index (χ3v) is 3.67. The van der Waals surface area contributed by atoms with Crippen molar-refractivity contribution < 1.29 is 4.79 Å². The maximum absolute atomic E-state index is 12.3. The van der Waals surface area contributed by atoms with E-state index in [0.717, 1.165) is 5.17 Å². The Hall–Kier alpha value is -1.49. The fourth-order valence-corrected chi connectivity index (χ4v) is 2.56. The molecule has 1 aromatic rings. The topological polar surface area (TPSA) is 44.7 Å². The second-order valence-electron chi connectivity index (χ2n) is 4.20. The quantitative estimate of drug-likeness (QED) is 0.829. The van der Waals surface area contributed by atoms with Crippen LogP contribution in [0.25, 0.3) is 0 Å². The first kappa shape index (κ1) is 12.0. The largest absolute Gasteiger partial charge is 0.273 e. The highest BCUT2D eigenvalue weighted by Crippen LogP contribution is 2.34. The van der Waals surface area contributed by atoms with Crippen LogP contribution in [-0.2, 0) is 0 Å². The van der Waals surface area contributed by atoms with Gasteiger partial charge in [-0.05, 0) is 26.0 Å². The molecule has 0 unspecified atom stereocenters. The fraction of sp³-hybridized carbons (Fsp3) is 0.333. The van der Waals surface area contributed by atoms with Gasteiger partial charge in [0.25, 0.3) is 5.91 Å². The minimum Gasteiger partial charge on any atom is -0.272 e. The van der Waals surface area contributed by atoms with E-state index >= 15 is 0 Å². The zero-order valence-corrected chi connectivity index (χ0v) is 10.9. The van der Waals surface area contributed by atoms with Crippen LogP contribution < -0.4 is 5.43 Å². The highest BCUT2D eigenvalue weighted by atomic mass is 32.2. The number of carbonyl (C=O) groups excluding carboxylic acids is 1. The molecule has 0 spiro atoms.